The van der Waals surface area contributed by atoms with Crippen molar-refractivity contribution in [2.24, 2.45) is 0 Å². The molecule has 4 rings (SSSR count). The molecule has 0 bridgehead atoms. The normalized spacial score (nSPS) is 14.5. The molecule has 1 fully saturated rings. The molecule has 1 atom stereocenters. The smallest absolute Gasteiger partial charge is 0.264 e. The Bertz CT molecular complexity index is 1440. The minimum Gasteiger partial charge on any atom is -0.494 e. The third-order valence-electron chi connectivity index (χ3n) is 7.46. The van der Waals surface area contributed by atoms with Crippen LogP contribution in [0.5, 0.6) is 5.75 Å². The summed E-state index contributed by atoms with van der Waals surface area (Å²) in [6, 6.07) is 20.8. The van der Waals surface area contributed by atoms with Crippen LogP contribution in [0.25, 0.3) is 0 Å². The van der Waals surface area contributed by atoms with E-state index in [9.17, 15) is 18.0 Å². The number of benzene rings is 3. The average Bonchev–Trinajstić information content (AvgIpc) is 3.00. The predicted octanol–water partition coefficient (Wildman–Crippen LogP) is 5.80. The van der Waals surface area contributed by atoms with Crippen LogP contribution in [-0.2, 0) is 26.2 Å². The van der Waals surface area contributed by atoms with Gasteiger partial charge in [0.1, 0.15) is 18.3 Å². The summed E-state index contributed by atoms with van der Waals surface area (Å²) in [5.74, 6) is -0.228. The lowest BCUT2D eigenvalue weighted by Gasteiger charge is -2.33. The van der Waals surface area contributed by atoms with Crippen LogP contribution in [0.1, 0.15) is 51.5 Å². The summed E-state index contributed by atoms with van der Waals surface area (Å²) in [5.41, 5.74) is 0.955. The molecule has 0 spiro atoms. The van der Waals surface area contributed by atoms with Crippen LogP contribution in [0.2, 0.25) is 5.02 Å². The zero-order valence-corrected chi connectivity index (χ0v) is 25.6. The maximum Gasteiger partial charge on any atom is 0.264 e. The number of carbonyl (C=O) groups excluding carboxylic acids is 2. The van der Waals surface area contributed by atoms with E-state index in [4.69, 9.17) is 16.3 Å². The molecule has 0 heterocycles. The van der Waals surface area contributed by atoms with Gasteiger partial charge in [0.25, 0.3) is 10.0 Å². The predicted molar refractivity (Wildman–Crippen MR) is 165 cm³/mol. The van der Waals surface area contributed by atoms with Crippen molar-refractivity contribution in [2.45, 2.75) is 69.5 Å². The van der Waals surface area contributed by atoms with Crippen molar-refractivity contribution in [1.82, 2.24) is 10.2 Å². The van der Waals surface area contributed by atoms with Gasteiger partial charge in [-0.1, -0.05) is 67.3 Å². The lowest BCUT2D eigenvalue weighted by molar-refractivity contribution is -0.139. The van der Waals surface area contributed by atoms with E-state index in [-0.39, 0.29) is 23.4 Å². The fraction of sp³-hybridized carbons (Fsp3) is 0.375. The van der Waals surface area contributed by atoms with Crippen molar-refractivity contribution in [1.29, 1.82) is 0 Å². The summed E-state index contributed by atoms with van der Waals surface area (Å²) in [5, 5.41) is 3.56. The molecule has 3 aromatic rings. The van der Waals surface area contributed by atoms with Gasteiger partial charge in [-0.05, 0) is 74.7 Å². The van der Waals surface area contributed by atoms with E-state index in [0.29, 0.717) is 28.6 Å². The number of anilines is 1. The van der Waals surface area contributed by atoms with E-state index in [1.807, 2.05) is 13.0 Å². The molecule has 1 saturated carbocycles. The Balaban J connectivity index is 1.67. The van der Waals surface area contributed by atoms with Gasteiger partial charge in [-0.3, -0.25) is 13.9 Å². The number of hydrogen-bond acceptors (Lipinski definition) is 5. The summed E-state index contributed by atoms with van der Waals surface area (Å²) in [4.78, 5) is 29.0. The molecular formula is C32H38ClN3O5S. The molecule has 0 aromatic heterocycles. The lowest BCUT2D eigenvalue weighted by Crippen LogP contribution is -2.53. The van der Waals surface area contributed by atoms with Gasteiger partial charge in [0, 0.05) is 17.6 Å². The second-order valence-electron chi connectivity index (χ2n) is 10.4. The lowest BCUT2D eigenvalue weighted by atomic mass is 9.95. The van der Waals surface area contributed by atoms with Gasteiger partial charge in [0.05, 0.1) is 17.2 Å². The minimum atomic E-state index is -4.14. The molecule has 1 aliphatic rings. The zero-order chi connectivity index (χ0) is 30.1. The van der Waals surface area contributed by atoms with Crippen molar-refractivity contribution in [3.8, 4) is 5.75 Å². The Labute approximate surface area is 253 Å². The minimum absolute atomic E-state index is 0.0419. The van der Waals surface area contributed by atoms with Gasteiger partial charge in [0.15, 0.2) is 0 Å². The molecule has 0 aliphatic heterocycles. The first-order valence-electron chi connectivity index (χ1n) is 14.3. The Morgan fingerprint density at radius 2 is 1.60 bits per heavy atom. The van der Waals surface area contributed by atoms with Crippen LogP contribution >= 0.6 is 11.6 Å². The number of ether oxygens (including phenoxy) is 1. The molecule has 42 heavy (non-hydrogen) atoms. The number of carbonyl (C=O) groups is 2. The highest BCUT2D eigenvalue weighted by Crippen LogP contribution is 2.27. The molecule has 224 valence electrons. The topological polar surface area (TPSA) is 96.0 Å². The van der Waals surface area contributed by atoms with Gasteiger partial charge in [-0.15, -0.1) is 0 Å². The quantitative estimate of drug-likeness (QED) is 0.279. The van der Waals surface area contributed by atoms with Crippen molar-refractivity contribution < 1.29 is 22.7 Å². The van der Waals surface area contributed by atoms with Gasteiger partial charge >= 0.3 is 0 Å². The number of nitrogens with one attached hydrogen (secondary N) is 1. The Morgan fingerprint density at radius 1 is 0.952 bits per heavy atom. The second kappa shape index (κ2) is 14.6. The average molecular weight is 612 g/mol. The Morgan fingerprint density at radius 3 is 2.24 bits per heavy atom. The van der Waals surface area contributed by atoms with Crippen LogP contribution in [0.15, 0.2) is 83.8 Å². The van der Waals surface area contributed by atoms with E-state index in [1.54, 1.807) is 67.6 Å². The molecule has 8 nitrogen and oxygen atoms in total. The highest BCUT2D eigenvalue weighted by Gasteiger charge is 2.33. The SMILES string of the molecule is CCOc1ccc(N(CC(=O)N(Cc2ccccc2Cl)[C@H](C)C(=O)NC2CCCCC2)S(=O)(=O)c2ccccc2)cc1. The van der Waals surface area contributed by atoms with Crippen molar-refractivity contribution in [3.63, 3.8) is 0 Å². The van der Waals surface area contributed by atoms with E-state index in [0.717, 1.165) is 36.4 Å². The van der Waals surface area contributed by atoms with Gasteiger partial charge in [0.2, 0.25) is 11.8 Å². The summed E-state index contributed by atoms with van der Waals surface area (Å²) in [6.45, 7) is 3.51. The fourth-order valence-electron chi connectivity index (χ4n) is 5.09. The molecular weight excluding hydrogens is 574 g/mol. The first kappa shape index (κ1) is 31.4. The molecule has 1 aliphatic carbocycles. The molecule has 0 radical (unpaired) electrons. The Hall–Kier alpha value is -3.56. The number of halogens is 1. The highest BCUT2D eigenvalue weighted by atomic mass is 35.5. The number of rotatable bonds is 12. The van der Waals surface area contributed by atoms with E-state index < -0.39 is 28.5 Å². The summed E-state index contributed by atoms with van der Waals surface area (Å²) in [6.07, 6.45) is 5.05. The van der Waals surface area contributed by atoms with Crippen LogP contribution in [0.4, 0.5) is 5.69 Å². The van der Waals surface area contributed by atoms with Crippen LogP contribution in [0, 0.1) is 0 Å². The van der Waals surface area contributed by atoms with Gasteiger partial charge in [-0.2, -0.15) is 0 Å². The van der Waals surface area contributed by atoms with Crippen LogP contribution in [-0.4, -0.2) is 50.4 Å². The number of amides is 2. The molecule has 0 unspecified atom stereocenters. The third-order valence-corrected chi connectivity index (χ3v) is 9.62. The fourth-order valence-corrected chi connectivity index (χ4v) is 6.72. The van der Waals surface area contributed by atoms with E-state index in [1.165, 1.54) is 17.0 Å². The first-order valence-corrected chi connectivity index (χ1v) is 16.2. The molecule has 3 aromatic carbocycles. The first-order chi connectivity index (χ1) is 20.2. The Kier molecular flexibility index (Phi) is 10.9. The van der Waals surface area contributed by atoms with Crippen LogP contribution < -0.4 is 14.4 Å². The van der Waals surface area contributed by atoms with Crippen molar-refractivity contribution in [3.05, 3.63) is 89.4 Å². The maximum atomic E-state index is 14.1. The molecule has 10 heteroatoms. The highest BCUT2D eigenvalue weighted by molar-refractivity contribution is 7.92. The number of hydrogen-bond donors (Lipinski definition) is 1. The number of sulfonamides is 1. The van der Waals surface area contributed by atoms with Crippen molar-refractivity contribution >= 4 is 39.1 Å². The monoisotopic (exact) mass is 611 g/mol. The maximum absolute atomic E-state index is 14.1. The molecule has 1 N–H and O–H groups in total. The van der Waals surface area contributed by atoms with E-state index in [2.05, 4.69) is 5.32 Å². The standard InChI is InChI=1S/C32H38ClN3O5S/c1-3-41-28-20-18-27(19-21-28)36(42(39,40)29-15-8-5-9-16-29)23-31(37)35(22-25-12-10-11-17-30(25)33)24(2)32(38)34-26-13-6-4-7-14-26/h5,8-12,15-21,24,26H,3-4,6-7,13-14,22-23H2,1-2H3,(H,34,38)/t24-/m1/s1. The summed E-state index contributed by atoms with van der Waals surface area (Å²) >= 11 is 6.45. The zero-order valence-electron chi connectivity index (χ0n) is 24.0. The molecule has 0 saturated heterocycles. The second-order valence-corrected chi connectivity index (χ2v) is 12.7. The molecule has 2 amide bonds. The summed E-state index contributed by atoms with van der Waals surface area (Å²) < 4.78 is 34.4. The summed E-state index contributed by atoms with van der Waals surface area (Å²) in [7, 11) is -4.14. The van der Waals surface area contributed by atoms with Gasteiger partial charge < -0.3 is 15.0 Å². The van der Waals surface area contributed by atoms with E-state index >= 15 is 0 Å². The third kappa shape index (κ3) is 7.83. The van der Waals surface area contributed by atoms with Crippen LogP contribution in [0.3, 0.4) is 0 Å². The number of nitrogens with zero attached hydrogens (tertiary/aromatic N) is 2. The largest absolute Gasteiger partial charge is 0.494 e. The van der Waals surface area contributed by atoms with Crippen molar-refractivity contribution in [2.75, 3.05) is 17.5 Å². The van der Waals surface area contributed by atoms with Gasteiger partial charge in [-0.25, -0.2) is 8.42 Å².